The number of aromatic nitrogens is 4. The van der Waals surface area contributed by atoms with E-state index in [9.17, 15) is 8.78 Å². The number of pyridine rings is 1. The molecule has 1 aliphatic rings. The number of aromatic amines is 1. The normalized spacial score (nSPS) is 17.8. The van der Waals surface area contributed by atoms with Gasteiger partial charge in [0.15, 0.2) is 17.5 Å². The molecule has 0 radical (unpaired) electrons. The first-order valence-electron chi connectivity index (χ1n) is 9.71. The third kappa shape index (κ3) is 4.59. The molecule has 0 spiro atoms. The van der Waals surface area contributed by atoms with Crippen LogP contribution in [0, 0.1) is 11.6 Å². The first kappa shape index (κ1) is 19.4. The second-order valence-electron chi connectivity index (χ2n) is 7.29. The van der Waals surface area contributed by atoms with E-state index in [4.69, 9.17) is 4.74 Å². The van der Waals surface area contributed by atoms with Gasteiger partial charge in [-0.3, -0.25) is 10.00 Å². The number of hydrogen-bond donors (Lipinski definition) is 1. The van der Waals surface area contributed by atoms with Gasteiger partial charge in [0, 0.05) is 30.3 Å². The van der Waals surface area contributed by atoms with E-state index in [-0.39, 0.29) is 5.92 Å². The van der Waals surface area contributed by atoms with Gasteiger partial charge in [-0.2, -0.15) is 5.10 Å². The average Bonchev–Trinajstić information content (AvgIpc) is 3.11. The number of ether oxygens (including phenoxy) is 1. The standard InChI is InChI=1S/C21H23F2N5O/c1-29-19-7-4-14(12-24-19)13-28-9-2-3-15(8-10-28)20-25-21(27-26-20)16-5-6-17(22)18(23)11-16/h4-7,11-12,15H,2-3,8-10,13H2,1H3,(H,25,26,27). The fraction of sp³-hybridized carbons (Fsp3) is 0.381. The van der Waals surface area contributed by atoms with E-state index in [1.807, 2.05) is 18.3 Å². The third-order valence-electron chi connectivity index (χ3n) is 5.30. The number of methoxy groups -OCH3 is 1. The van der Waals surface area contributed by atoms with Gasteiger partial charge in [-0.15, -0.1) is 0 Å². The Kier molecular flexibility index (Phi) is 5.80. The highest BCUT2D eigenvalue weighted by molar-refractivity contribution is 5.54. The summed E-state index contributed by atoms with van der Waals surface area (Å²) in [6.45, 7) is 2.80. The number of rotatable bonds is 5. The largest absolute Gasteiger partial charge is 0.481 e. The van der Waals surface area contributed by atoms with Crippen LogP contribution in [0.25, 0.3) is 11.4 Å². The van der Waals surface area contributed by atoms with Crippen molar-refractivity contribution in [3.63, 3.8) is 0 Å². The monoisotopic (exact) mass is 399 g/mol. The number of nitrogens with zero attached hydrogens (tertiary/aromatic N) is 4. The molecule has 0 aliphatic carbocycles. The first-order chi connectivity index (χ1) is 14.1. The zero-order valence-corrected chi connectivity index (χ0v) is 16.2. The minimum Gasteiger partial charge on any atom is -0.481 e. The Balaban J connectivity index is 1.39. The Morgan fingerprint density at radius 2 is 2.03 bits per heavy atom. The molecule has 1 unspecified atom stereocenters. The van der Waals surface area contributed by atoms with Crippen molar-refractivity contribution in [2.45, 2.75) is 31.7 Å². The van der Waals surface area contributed by atoms with Crippen molar-refractivity contribution in [3.8, 4) is 17.3 Å². The number of halogens is 2. The summed E-state index contributed by atoms with van der Waals surface area (Å²) in [6.07, 6.45) is 4.86. The number of benzene rings is 1. The van der Waals surface area contributed by atoms with Crippen molar-refractivity contribution < 1.29 is 13.5 Å². The molecule has 152 valence electrons. The van der Waals surface area contributed by atoms with Crippen molar-refractivity contribution >= 4 is 0 Å². The molecule has 0 saturated carbocycles. The highest BCUT2D eigenvalue weighted by Gasteiger charge is 2.22. The maximum Gasteiger partial charge on any atom is 0.212 e. The van der Waals surface area contributed by atoms with Crippen LogP contribution in [-0.4, -0.2) is 45.3 Å². The molecule has 1 N–H and O–H groups in total. The Labute approximate surface area is 168 Å². The summed E-state index contributed by atoms with van der Waals surface area (Å²) >= 11 is 0. The van der Waals surface area contributed by atoms with Crippen LogP contribution in [-0.2, 0) is 6.54 Å². The topological polar surface area (TPSA) is 66.9 Å². The molecule has 3 aromatic rings. The van der Waals surface area contributed by atoms with Gasteiger partial charge >= 0.3 is 0 Å². The van der Waals surface area contributed by atoms with Crippen molar-refractivity contribution in [3.05, 3.63) is 59.6 Å². The Morgan fingerprint density at radius 1 is 1.14 bits per heavy atom. The molecular weight excluding hydrogens is 376 g/mol. The van der Waals surface area contributed by atoms with E-state index in [0.717, 1.165) is 62.4 Å². The molecule has 0 amide bonds. The van der Waals surface area contributed by atoms with Crippen LogP contribution in [0.5, 0.6) is 5.88 Å². The summed E-state index contributed by atoms with van der Waals surface area (Å²) in [7, 11) is 1.61. The number of likely N-dealkylation sites (tertiary alicyclic amines) is 1. The molecule has 1 atom stereocenters. The molecule has 0 bridgehead atoms. The van der Waals surface area contributed by atoms with E-state index in [0.29, 0.717) is 17.3 Å². The van der Waals surface area contributed by atoms with E-state index in [2.05, 4.69) is 25.1 Å². The summed E-state index contributed by atoms with van der Waals surface area (Å²) in [6, 6.07) is 7.63. The van der Waals surface area contributed by atoms with Crippen LogP contribution in [0.1, 0.15) is 36.6 Å². The van der Waals surface area contributed by atoms with E-state index in [1.165, 1.54) is 6.07 Å². The minimum atomic E-state index is -0.896. The van der Waals surface area contributed by atoms with Crippen LogP contribution in [0.15, 0.2) is 36.5 Å². The van der Waals surface area contributed by atoms with Crippen molar-refractivity contribution in [1.82, 2.24) is 25.1 Å². The number of H-pyrrole nitrogens is 1. The molecule has 4 rings (SSSR count). The average molecular weight is 399 g/mol. The van der Waals surface area contributed by atoms with Crippen LogP contribution < -0.4 is 4.74 Å². The lowest BCUT2D eigenvalue weighted by molar-refractivity contribution is 0.275. The van der Waals surface area contributed by atoms with E-state index in [1.54, 1.807) is 7.11 Å². The third-order valence-corrected chi connectivity index (χ3v) is 5.30. The Bertz CT molecular complexity index is 960. The van der Waals surface area contributed by atoms with Gasteiger partial charge < -0.3 is 4.74 Å². The molecule has 8 heteroatoms. The highest BCUT2D eigenvalue weighted by Crippen LogP contribution is 2.28. The summed E-state index contributed by atoms with van der Waals surface area (Å²) in [5.74, 6) is 0.307. The SMILES string of the molecule is COc1ccc(CN2CCCC(c3nc(-c4ccc(F)c(F)c4)n[nH]3)CC2)cn1. The second-order valence-corrected chi connectivity index (χ2v) is 7.29. The maximum atomic E-state index is 13.5. The lowest BCUT2D eigenvalue weighted by Gasteiger charge is -2.19. The number of hydrogen-bond acceptors (Lipinski definition) is 5. The summed E-state index contributed by atoms with van der Waals surface area (Å²) in [4.78, 5) is 11.2. The van der Waals surface area contributed by atoms with Gasteiger partial charge in [0.2, 0.25) is 5.88 Å². The van der Waals surface area contributed by atoms with Crippen LogP contribution in [0.3, 0.4) is 0 Å². The molecule has 1 fully saturated rings. The van der Waals surface area contributed by atoms with E-state index < -0.39 is 11.6 Å². The molecular formula is C21H23F2N5O. The van der Waals surface area contributed by atoms with Gasteiger partial charge in [0.25, 0.3) is 0 Å². The molecule has 1 saturated heterocycles. The fourth-order valence-electron chi connectivity index (χ4n) is 3.69. The summed E-state index contributed by atoms with van der Waals surface area (Å²) < 4.78 is 31.7. The zero-order chi connectivity index (χ0) is 20.2. The van der Waals surface area contributed by atoms with Crippen LogP contribution in [0.2, 0.25) is 0 Å². The molecule has 3 heterocycles. The van der Waals surface area contributed by atoms with Gasteiger partial charge in [-0.25, -0.2) is 18.7 Å². The van der Waals surface area contributed by atoms with Crippen molar-refractivity contribution in [1.29, 1.82) is 0 Å². The summed E-state index contributed by atoms with van der Waals surface area (Å²) in [5.41, 5.74) is 1.62. The lowest BCUT2D eigenvalue weighted by Crippen LogP contribution is -2.24. The molecule has 29 heavy (non-hydrogen) atoms. The lowest BCUT2D eigenvalue weighted by atomic mass is 10.0. The maximum absolute atomic E-state index is 13.5. The number of nitrogens with one attached hydrogen (secondary N) is 1. The Hall–Kier alpha value is -2.87. The smallest absolute Gasteiger partial charge is 0.212 e. The van der Waals surface area contributed by atoms with Gasteiger partial charge in [0.05, 0.1) is 7.11 Å². The second kappa shape index (κ2) is 8.65. The van der Waals surface area contributed by atoms with Crippen LogP contribution in [0.4, 0.5) is 8.78 Å². The van der Waals surface area contributed by atoms with Gasteiger partial charge in [0.1, 0.15) is 5.82 Å². The van der Waals surface area contributed by atoms with Crippen molar-refractivity contribution in [2.24, 2.45) is 0 Å². The van der Waals surface area contributed by atoms with Crippen molar-refractivity contribution in [2.75, 3.05) is 20.2 Å². The molecule has 2 aromatic heterocycles. The summed E-state index contributed by atoms with van der Waals surface area (Å²) in [5, 5.41) is 7.20. The highest BCUT2D eigenvalue weighted by atomic mass is 19.2. The molecule has 6 nitrogen and oxygen atoms in total. The zero-order valence-electron chi connectivity index (χ0n) is 16.2. The predicted octanol–water partition coefficient (Wildman–Crippen LogP) is 3.92. The fourth-order valence-corrected chi connectivity index (χ4v) is 3.69. The predicted molar refractivity (Wildman–Crippen MR) is 104 cm³/mol. The quantitative estimate of drug-likeness (QED) is 0.704. The molecule has 1 aliphatic heterocycles. The van der Waals surface area contributed by atoms with E-state index >= 15 is 0 Å². The van der Waals surface area contributed by atoms with Gasteiger partial charge in [-0.05, 0) is 56.1 Å². The van der Waals surface area contributed by atoms with Crippen LogP contribution >= 0.6 is 0 Å². The first-order valence-corrected chi connectivity index (χ1v) is 9.71. The minimum absolute atomic E-state index is 0.264. The Morgan fingerprint density at radius 3 is 2.79 bits per heavy atom. The van der Waals surface area contributed by atoms with Gasteiger partial charge in [-0.1, -0.05) is 6.07 Å². The molecule has 1 aromatic carbocycles.